The van der Waals surface area contributed by atoms with Crippen molar-refractivity contribution in [3.63, 3.8) is 0 Å². The molecule has 0 bridgehead atoms. The SMILES string of the molecule is CCc1ccc(NC(=O)COc2ccccc2)cc1N. The van der Waals surface area contributed by atoms with Crippen LogP contribution in [0.2, 0.25) is 0 Å². The van der Waals surface area contributed by atoms with E-state index in [2.05, 4.69) is 5.32 Å². The summed E-state index contributed by atoms with van der Waals surface area (Å²) in [5.41, 5.74) is 8.33. The lowest BCUT2D eigenvalue weighted by Crippen LogP contribution is -2.20. The molecule has 3 N–H and O–H groups in total. The van der Waals surface area contributed by atoms with E-state index >= 15 is 0 Å². The van der Waals surface area contributed by atoms with E-state index in [0.717, 1.165) is 12.0 Å². The van der Waals surface area contributed by atoms with Crippen molar-refractivity contribution in [2.24, 2.45) is 0 Å². The van der Waals surface area contributed by atoms with Crippen LogP contribution >= 0.6 is 0 Å². The van der Waals surface area contributed by atoms with Crippen LogP contribution in [0.4, 0.5) is 11.4 Å². The highest BCUT2D eigenvalue weighted by atomic mass is 16.5. The Balaban J connectivity index is 1.90. The second-order valence-corrected chi connectivity index (χ2v) is 4.42. The Hall–Kier alpha value is -2.49. The normalized spacial score (nSPS) is 10.1. The quantitative estimate of drug-likeness (QED) is 0.821. The minimum absolute atomic E-state index is 0.0283. The Labute approximate surface area is 118 Å². The maximum absolute atomic E-state index is 11.8. The number of carbonyl (C=O) groups is 1. The number of aryl methyl sites for hydroxylation is 1. The molecule has 2 aromatic carbocycles. The Morgan fingerprint density at radius 1 is 1.20 bits per heavy atom. The second kappa shape index (κ2) is 6.61. The first-order chi connectivity index (χ1) is 9.69. The number of carbonyl (C=O) groups excluding carboxylic acids is 1. The first-order valence-corrected chi connectivity index (χ1v) is 6.55. The predicted octanol–water partition coefficient (Wildman–Crippen LogP) is 2.85. The molecule has 0 aliphatic heterocycles. The van der Waals surface area contributed by atoms with Gasteiger partial charge in [-0.05, 0) is 36.2 Å². The second-order valence-electron chi connectivity index (χ2n) is 4.42. The molecule has 0 aliphatic rings. The highest BCUT2D eigenvalue weighted by Crippen LogP contribution is 2.18. The third-order valence-electron chi connectivity index (χ3n) is 2.92. The molecule has 0 spiro atoms. The molecule has 0 saturated heterocycles. The van der Waals surface area contributed by atoms with Crippen LogP contribution in [0.15, 0.2) is 48.5 Å². The maximum atomic E-state index is 11.8. The van der Waals surface area contributed by atoms with Gasteiger partial charge in [0.1, 0.15) is 5.75 Å². The molecule has 0 fully saturated rings. The van der Waals surface area contributed by atoms with Crippen LogP contribution in [0, 0.1) is 0 Å². The summed E-state index contributed by atoms with van der Waals surface area (Å²) in [4.78, 5) is 11.8. The zero-order valence-electron chi connectivity index (χ0n) is 11.4. The van der Waals surface area contributed by atoms with Gasteiger partial charge in [-0.2, -0.15) is 0 Å². The van der Waals surface area contributed by atoms with Crippen molar-refractivity contribution in [1.29, 1.82) is 0 Å². The third-order valence-corrected chi connectivity index (χ3v) is 2.92. The standard InChI is InChI=1S/C16H18N2O2/c1-2-12-8-9-13(10-15(12)17)18-16(19)11-20-14-6-4-3-5-7-14/h3-10H,2,11,17H2,1H3,(H,18,19). The number of anilines is 2. The number of rotatable bonds is 5. The predicted molar refractivity (Wildman–Crippen MR) is 80.8 cm³/mol. The molecule has 0 aromatic heterocycles. The summed E-state index contributed by atoms with van der Waals surface area (Å²) in [6.45, 7) is 2.01. The monoisotopic (exact) mass is 270 g/mol. The highest BCUT2D eigenvalue weighted by molar-refractivity contribution is 5.92. The minimum atomic E-state index is -0.211. The van der Waals surface area contributed by atoms with Gasteiger partial charge in [0.15, 0.2) is 6.61 Å². The van der Waals surface area contributed by atoms with Gasteiger partial charge in [0.2, 0.25) is 0 Å². The summed E-state index contributed by atoms with van der Waals surface area (Å²) in [6, 6.07) is 14.8. The summed E-state index contributed by atoms with van der Waals surface area (Å²) in [5.74, 6) is 0.459. The van der Waals surface area contributed by atoms with Gasteiger partial charge < -0.3 is 15.8 Å². The summed E-state index contributed by atoms with van der Waals surface area (Å²) < 4.78 is 5.37. The molecule has 0 radical (unpaired) electrons. The van der Waals surface area contributed by atoms with Gasteiger partial charge in [-0.3, -0.25) is 4.79 Å². The molecule has 2 aromatic rings. The summed E-state index contributed by atoms with van der Waals surface area (Å²) >= 11 is 0. The van der Waals surface area contributed by atoms with Crippen LogP contribution in [-0.2, 0) is 11.2 Å². The van der Waals surface area contributed by atoms with Gasteiger partial charge in [-0.15, -0.1) is 0 Å². The van der Waals surface area contributed by atoms with E-state index in [9.17, 15) is 4.79 Å². The highest BCUT2D eigenvalue weighted by Gasteiger charge is 2.05. The molecule has 20 heavy (non-hydrogen) atoms. The molecule has 2 rings (SSSR count). The average Bonchev–Trinajstić information content (AvgIpc) is 2.46. The van der Waals surface area contributed by atoms with Crippen molar-refractivity contribution >= 4 is 17.3 Å². The summed E-state index contributed by atoms with van der Waals surface area (Å²) in [5, 5.41) is 2.76. The van der Waals surface area contributed by atoms with E-state index in [-0.39, 0.29) is 12.5 Å². The zero-order valence-corrected chi connectivity index (χ0v) is 11.4. The number of para-hydroxylation sites is 1. The smallest absolute Gasteiger partial charge is 0.262 e. The third kappa shape index (κ3) is 3.75. The van der Waals surface area contributed by atoms with Gasteiger partial charge in [-0.1, -0.05) is 31.2 Å². The Morgan fingerprint density at radius 3 is 2.60 bits per heavy atom. The first kappa shape index (κ1) is 13.9. The Kier molecular flexibility index (Phi) is 4.60. The molecular formula is C16H18N2O2. The molecule has 0 unspecified atom stereocenters. The van der Waals surface area contributed by atoms with Crippen LogP contribution < -0.4 is 15.8 Å². The van der Waals surface area contributed by atoms with Gasteiger partial charge in [0, 0.05) is 11.4 Å². The van der Waals surface area contributed by atoms with Crippen LogP contribution in [0.3, 0.4) is 0 Å². The number of nitrogens with two attached hydrogens (primary N) is 1. The lowest BCUT2D eigenvalue weighted by molar-refractivity contribution is -0.118. The molecule has 0 heterocycles. The van der Waals surface area contributed by atoms with Crippen LogP contribution in [0.25, 0.3) is 0 Å². The van der Waals surface area contributed by atoms with E-state index in [1.54, 1.807) is 18.2 Å². The van der Waals surface area contributed by atoms with Crippen molar-refractivity contribution < 1.29 is 9.53 Å². The average molecular weight is 270 g/mol. The fraction of sp³-hybridized carbons (Fsp3) is 0.188. The lowest BCUT2D eigenvalue weighted by Gasteiger charge is -2.09. The fourth-order valence-corrected chi connectivity index (χ4v) is 1.86. The van der Waals surface area contributed by atoms with Crippen molar-refractivity contribution in [3.05, 3.63) is 54.1 Å². The van der Waals surface area contributed by atoms with E-state index < -0.39 is 0 Å². The van der Waals surface area contributed by atoms with Crippen molar-refractivity contribution in [2.75, 3.05) is 17.7 Å². The van der Waals surface area contributed by atoms with Crippen LogP contribution in [0.5, 0.6) is 5.75 Å². The Bertz CT molecular complexity index is 582. The number of hydrogen-bond donors (Lipinski definition) is 2. The number of nitrogen functional groups attached to an aromatic ring is 1. The van der Waals surface area contributed by atoms with E-state index in [0.29, 0.717) is 17.1 Å². The van der Waals surface area contributed by atoms with E-state index in [4.69, 9.17) is 10.5 Å². The topological polar surface area (TPSA) is 64.3 Å². The van der Waals surface area contributed by atoms with Crippen LogP contribution in [0.1, 0.15) is 12.5 Å². The molecule has 0 atom stereocenters. The summed E-state index contributed by atoms with van der Waals surface area (Å²) in [7, 11) is 0. The molecular weight excluding hydrogens is 252 g/mol. The minimum Gasteiger partial charge on any atom is -0.484 e. The molecule has 4 nitrogen and oxygen atoms in total. The molecule has 1 amide bonds. The van der Waals surface area contributed by atoms with Gasteiger partial charge in [-0.25, -0.2) is 0 Å². The number of nitrogens with one attached hydrogen (secondary N) is 1. The van der Waals surface area contributed by atoms with Crippen molar-refractivity contribution in [1.82, 2.24) is 0 Å². The van der Waals surface area contributed by atoms with Crippen molar-refractivity contribution in [2.45, 2.75) is 13.3 Å². The molecule has 104 valence electrons. The van der Waals surface area contributed by atoms with Gasteiger partial charge >= 0.3 is 0 Å². The van der Waals surface area contributed by atoms with Gasteiger partial charge in [0.25, 0.3) is 5.91 Å². The summed E-state index contributed by atoms with van der Waals surface area (Å²) in [6.07, 6.45) is 0.872. The van der Waals surface area contributed by atoms with Crippen LogP contribution in [-0.4, -0.2) is 12.5 Å². The van der Waals surface area contributed by atoms with Gasteiger partial charge in [0.05, 0.1) is 0 Å². The van der Waals surface area contributed by atoms with Crippen molar-refractivity contribution in [3.8, 4) is 5.75 Å². The number of benzene rings is 2. The number of amides is 1. The lowest BCUT2D eigenvalue weighted by atomic mass is 10.1. The number of hydrogen-bond acceptors (Lipinski definition) is 3. The van der Waals surface area contributed by atoms with E-state index in [1.165, 1.54) is 0 Å². The zero-order chi connectivity index (χ0) is 14.4. The number of ether oxygens (including phenoxy) is 1. The van der Waals surface area contributed by atoms with E-state index in [1.807, 2.05) is 37.3 Å². The molecule has 0 aliphatic carbocycles. The maximum Gasteiger partial charge on any atom is 0.262 e. The largest absolute Gasteiger partial charge is 0.484 e. The molecule has 0 saturated carbocycles. The first-order valence-electron chi connectivity index (χ1n) is 6.55. The fourth-order valence-electron chi connectivity index (χ4n) is 1.86. The molecule has 4 heteroatoms. The Morgan fingerprint density at radius 2 is 1.95 bits per heavy atom.